The van der Waals surface area contributed by atoms with Gasteiger partial charge in [0.25, 0.3) is 0 Å². The molecule has 0 N–H and O–H groups in total. The van der Waals surface area contributed by atoms with Gasteiger partial charge in [-0.15, -0.1) is 0 Å². The SMILES string of the molecule is O=C(Cc1ccccc1Cl)N1CC[C@H](OCC2CC2)C1. The van der Waals surface area contributed by atoms with E-state index in [1.165, 1.54) is 12.8 Å². The number of likely N-dealkylation sites (tertiary alicyclic amines) is 1. The molecule has 2 fully saturated rings. The Kier molecular flexibility index (Phi) is 4.27. The lowest BCUT2D eigenvalue weighted by Crippen LogP contribution is -2.31. The molecular formula is C16H20ClNO2. The van der Waals surface area contributed by atoms with E-state index in [2.05, 4.69) is 0 Å². The van der Waals surface area contributed by atoms with E-state index in [1.54, 1.807) is 0 Å². The molecule has 1 saturated heterocycles. The van der Waals surface area contributed by atoms with Crippen molar-refractivity contribution < 1.29 is 9.53 Å². The van der Waals surface area contributed by atoms with Crippen molar-refractivity contribution in [1.29, 1.82) is 0 Å². The molecule has 1 atom stereocenters. The molecule has 0 unspecified atom stereocenters. The number of rotatable bonds is 5. The molecule has 1 aliphatic carbocycles. The number of ether oxygens (including phenoxy) is 1. The molecule has 0 spiro atoms. The van der Waals surface area contributed by atoms with Crippen LogP contribution >= 0.6 is 11.6 Å². The number of amides is 1. The number of hydrogen-bond acceptors (Lipinski definition) is 2. The second-order valence-corrected chi connectivity index (χ2v) is 6.20. The summed E-state index contributed by atoms with van der Waals surface area (Å²) in [5, 5.41) is 0.668. The fourth-order valence-corrected chi connectivity index (χ4v) is 2.77. The second kappa shape index (κ2) is 6.15. The molecule has 1 saturated carbocycles. The maximum Gasteiger partial charge on any atom is 0.227 e. The van der Waals surface area contributed by atoms with E-state index in [9.17, 15) is 4.79 Å². The van der Waals surface area contributed by atoms with E-state index in [0.29, 0.717) is 11.4 Å². The van der Waals surface area contributed by atoms with Crippen molar-refractivity contribution >= 4 is 17.5 Å². The number of carbonyl (C=O) groups excluding carboxylic acids is 1. The van der Waals surface area contributed by atoms with Crippen LogP contribution < -0.4 is 0 Å². The predicted molar refractivity (Wildman–Crippen MR) is 78.8 cm³/mol. The molecule has 0 aromatic heterocycles. The molecule has 3 rings (SSSR count). The largest absolute Gasteiger partial charge is 0.376 e. The highest BCUT2D eigenvalue weighted by Gasteiger charge is 2.29. The molecule has 108 valence electrons. The fourth-order valence-electron chi connectivity index (χ4n) is 2.56. The minimum atomic E-state index is 0.149. The number of nitrogens with zero attached hydrogens (tertiary/aromatic N) is 1. The van der Waals surface area contributed by atoms with Crippen molar-refractivity contribution in [2.45, 2.75) is 31.8 Å². The zero-order chi connectivity index (χ0) is 13.9. The van der Waals surface area contributed by atoms with Gasteiger partial charge < -0.3 is 9.64 Å². The summed E-state index contributed by atoms with van der Waals surface area (Å²) >= 11 is 6.10. The third kappa shape index (κ3) is 3.53. The van der Waals surface area contributed by atoms with Crippen molar-refractivity contribution in [3.05, 3.63) is 34.9 Å². The van der Waals surface area contributed by atoms with Crippen LogP contribution in [0.3, 0.4) is 0 Å². The van der Waals surface area contributed by atoms with E-state index in [-0.39, 0.29) is 12.0 Å². The first-order valence-corrected chi connectivity index (χ1v) is 7.73. The molecule has 4 heteroatoms. The maximum atomic E-state index is 12.3. The smallest absolute Gasteiger partial charge is 0.227 e. The van der Waals surface area contributed by atoms with Crippen LogP contribution in [0.2, 0.25) is 5.02 Å². The Morgan fingerprint density at radius 3 is 2.85 bits per heavy atom. The molecule has 20 heavy (non-hydrogen) atoms. The predicted octanol–water partition coefficient (Wildman–Crippen LogP) is 2.91. The van der Waals surface area contributed by atoms with Crippen LogP contribution in [0.15, 0.2) is 24.3 Å². The van der Waals surface area contributed by atoms with Crippen molar-refractivity contribution in [3.8, 4) is 0 Å². The third-order valence-electron chi connectivity index (χ3n) is 4.06. The first-order valence-electron chi connectivity index (χ1n) is 7.35. The summed E-state index contributed by atoms with van der Waals surface area (Å²) in [4.78, 5) is 14.2. The van der Waals surface area contributed by atoms with E-state index >= 15 is 0 Å². The Bertz CT molecular complexity index is 487. The van der Waals surface area contributed by atoms with Crippen LogP contribution in [0.4, 0.5) is 0 Å². The second-order valence-electron chi connectivity index (χ2n) is 5.80. The molecule has 0 bridgehead atoms. The Hall–Kier alpha value is -1.06. The number of carbonyl (C=O) groups is 1. The van der Waals surface area contributed by atoms with E-state index in [1.807, 2.05) is 29.2 Å². The van der Waals surface area contributed by atoms with Crippen molar-refractivity contribution in [2.75, 3.05) is 19.7 Å². The van der Waals surface area contributed by atoms with Gasteiger partial charge in [-0.1, -0.05) is 29.8 Å². The molecule has 1 aliphatic heterocycles. The zero-order valence-corrected chi connectivity index (χ0v) is 12.3. The van der Waals surface area contributed by atoms with Crippen molar-refractivity contribution in [2.24, 2.45) is 5.92 Å². The highest BCUT2D eigenvalue weighted by atomic mass is 35.5. The lowest BCUT2D eigenvalue weighted by molar-refractivity contribution is -0.130. The van der Waals surface area contributed by atoms with Gasteiger partial charge in [0, 0.05) is 24.7 Å². The molecule has 1 aromatic rings. The summed E-state index contributed by atoms with van der Waals surface area (Å²) in [5.41, 5.74) is 0.904. The molecule has 1 aromatic carbocycles. The summed E-state index contributed by atoms with van der Waals surface area (Å²) in [6.07, 6.45) is 4.19. The summed E-state index contributed by atoms with van der Waals surface area (Å²) in [6, 6.07) is 7.54. The first kappa shape index (κ1) is 13.9. The Morgan fingerprint density at radius 2 is 2.10 bits per heavy atom. The number of hydrogen-bond donors (Lipinski definition) is 0. The average Bonchev–Trinajstić information content (AvgIpc) is 3.15. The topological polar surface area (TPSA) is 29.5 Å². The normalized spacial score (nSPS) is 22.2. The highest BCUT2D eigenvalue weighted by molar-refractivity contribution is 6.31. The van der Waals surface area contributed by atoms with Crippen LogP contribution in [0.25, 0.3) is 0 Å². The van der Waals surface area contributed by atoms with Gasteiger partial charge in [0.15, 0.2) is 0 Å². The van der Waals surface area contributed by atoms with Crippen LogP contribution in [0, 0.1) is 5.92 Å². The molecular weight excluding hydrogens is 274 g/mol. The van der Waals surface area contributed by atoms with Gasteiger partial charge in [0.1, 0.15) is 0 Å². The molecule has 1 heterocycles. The van der Waals surface area contributed by atoms with Crippen LogP contribution in [-0.4, -0.2) is 36.6 Å². The van der Waals surface area contributed by atoms with E-state index < -0.39 is 0 Å². The summed E-state index contributed by atoms with van der Waals surface area (Å²) < 4.78 is 5.86. The van der Waals surface area contributed by atoms with Gasteiger partial charge in [-0.05, 0) is 36.8 Å². The lowest BCUT2D eigenvalue weighted by atomic mass is 10.1. The van der Waals surface area contributed by atoms with Gasteiger partial charge in [-0.2, -0.15) is 0 Å². The fraction of sp³-hybridized carbons (Fsp3) is 0.562. The monoisotopic (exact) mass is 293 g/mol. The maximum absolute atomic E-state index is 12.3. The Balaban J connectivity index is 1.49. The van der Waals surface area contributed by atoms with Crippen LogP contribution in [0.1, 0.15) is 24.8 Å². The minimum Gasteiger partial charge on any atom is -0.376 e. The van der Waals surface area contributed by atoms with E-state index in [0.717, 1.165) is 37.6 Å². The quantitative estimate of drug-likeness (QED) is 0.835. The number of benzene rings is 1. The van der Waals surface area contributed by atoms with Gasteiger partial charge >= 0.3 is 0 Å². The first-order chi connectivity index (χ1) is 9.72. The number of halogens is 1. The van der Waals surface area contributed by atoms with Gasteiger partial charge in [0.05, 0.1) is 12.5 Å². The van der Waals surface area contributed by atoms with E-state index in [4.69, 9.17) is 16.3 Å². The summed E-state index contributed by atoms with van der Waals surface area (Å²) in [6.45, 7) is 2.41. The molecule has 0 radical (unpaired) electrons. The molecule has 2 aliphatic rings. The van der Waals surface area contributed by atoms with Crippen LogP contribution in [0.5, 0.6) is 0 Å². The Labute approximate surface area is 124 Å². The third-order valence-corrected chi connectivity index (χ3v) is 4.43. The highest BCUT2D eigenvalue weighted by Crippen LogP contribution is 2.30. The van der Waals surface area contributed by atoms with Gasteiger partial charge in [-0.3, -0.25) is 4.79 Å². The Morgan fingerprint density at radius 1 is 1.30 bits per heavy atom. The minimum absolute atomic E-state index is 0.149. The molecule has 1 amide bonds. The summed E-state index contributed by atoms with van der Waals surface area (Å²) in [5.74, 6) is 0.929. The molecule has 3 nitrogen and oxygen atoms in total. The zero-order valence-electron chi connectivity index (χ0n) is 11.6. The van der Waals surface area contributed by atoms with Crippen molar-refractivity contribution in [1.82, 2.24) is 4.90 Å². The standard InChI is InChI=1S/C16H20ClNO2/c17-15-4-2-1-3-13(15)9-16(19)18-8-7-14(10-18)20-11-12-5-6-12/h1-4,12,14H,5-11H2/t14-/m0/s1. The van der Waals surface area contributed by atoms with Crippen LogP contribution in [-0.2, 0) is 16.0 Å². The van der Waals surface area contributed by atoms with Gasteiger partial charge in [0.2, 0.25) is 5.91 Å². The van der Waals surface area contributed by atoms with Gasteiger partial charge in [-0.25, -0.2) is 0 Å². The summed E-state index contributed by atoms with van der Waals surface area (Å²) in [7, 11) is 0. The average molecular weight is 294 g/mol. The lowest BCUT2D eigenvalue weighted by Gasteiger charge is -2.17. The van der Waals surface area contributed by atoms with Crippen molar-refractivity contribution in [3.63, 3.8) is 0 Å².